The van der Waals surface area contributed by atoms with E-state index in [9.17, 15) is 5.26 Å². The van der Waals surface area contributed by atoms with Gasteiger partial charge >= 0.3 is 0 Å². The second-order valence-corrected chi connectivity index (χ2v) is 5.27. The number of rotatable bonds is 4. The van der Waals surface area contributed by atoms with Crippen LogP contribution in [0.25, 0.3) is 0 Å². The van der Waals surface area contributed by atoms with Gasteiger partial charge in [0.2, 0.25) is 0 Å². The van der Waals surface area contributed by atoms with E-state index in [0.29, 0.717) is 0 Å². The topological polar surface area (TPSA) is 27.0 Å². The van der Waals surface area contributed by atoms with Crippen LogP contribution in [-0.2, 0) is 0 Å². The molecular weight excluding hydrogens is 220 g/mol. The third-order valence-electron chi connectivity index (χ3n) is 3.62. The van der Waals surface area contributed by atoms with E-state index in [0.717, 1.165) is 38.9 Å². The first-order valence-corrected chi connectivity index (χ1v) is 6.71. The van der Waals surface area contributed by atoms with E-state index in [1.165, 1.54) is 5.57 Å². The predicted molar refractivity (Wildman–Crippen MR) is 77.1 cm³/mol. The molecule has 1 atom stereocenters. The molecule has 1 saturated heterocycles. The van der Waals surface area contributed by atoms with E-state index in [-0.39, 0.29) is 5.41 Å². The van der Waals surface area contributed by atoms with E-state index >= 15 is 0 Å². The average molecular weight is 244 g/mol. The van der Waals surface area contributed by atoms with Gasteiger partial charge in [0.1, 0.15) is 0 Å². The Kier molecular flexibility index (Phi) is 5.88. The molecule has 18 heavy (non-hydrogen) atoms. The summed E-state index contributed by atoms with van der Waals surface area (Å²) in [6, 6.07) is 2.47. The van der Waals surface area contributed by atoms with Crippen molar-refractivity contribution in [2.45, 2.75) is 33.1 Å². The lowest BCUT2D eigenvalue weighted by Crippen LogP contribution is -2.27. The SMILES string of the molecule is C=C/C(=C\C=C/C)CN1CCCC(C)(C#N)CC1. The van der Waals surface area contributed by atoms with Gasteiger partial charge in [-0.3, -0.25) is 4.90 Å². The molecular formula is C16H24N2. The van der Waals surface area contributed by atoms with Crippen LogP contribution < -0.4 is 0 Å². The molecule has 1 aliphatic rings. The zero-order valence-corrected chi connectivity index (χ0v) is 11.7. The fourth-order valence-corrected chi connectivity index (χ4v) is 2.27. The number of hydrogen-bond donors (Lipinski definition) is 0. The molecule has 0 N–H and O–H groups in total. The summed E-state index contributed by atoms with van der Waals surface area (Å²) in [6.45, 7) is 11.0. The van der Waals surface area contributed by atoms with Gasteiger partial charge in [-0.2, -0.15) is 5.26 Å². The summed E-state index contributed by atoms with van der Waals surface area (Å²) >= 11 is 0. The van der Waals surface area contributed by atoms with Gasteiger partial charge in [0.15, 0.2) is 0 Å². The average Bonchev–Trinajstić information content (AvgIpc) is 2.57. The molecule has 2 nitrogen and oxygen atoms in total. The second-order valence-electron chi connectivity index (χ2n) is 5.27. The van der Waals surface area contributed by atoms with Gasteiger partial charge in [-0.15, -0.1) is 0 Å². The fraction of sp³-hybridized carbons (Fsp3) is 0.562. The first-order chi connectivity index (χ1) is 8.63. The summed E-state index contributed by atoms with van der Waals surface area (Å²) < 4.78 is 0. The first kappa shape index (κ1) is 14.7. The Morgan fingerprint density at radius 1 is 1.44 bits per heavy atom. The van der Waals surface area contributed by atoms with Crippen molar-refractivity contribution in [1.82, 2.24) is 4.90 Å². The number of likely N-dealkylation sites (tertiary alicyclic amines) is 1. The third-order valence-corrected chi connectivity index (χ3v) is 3.62. The van der Waals surface area contributed by atoms with Crippen molar-refractivity contribution in [1.29, 1.82) is 5.26 Å². The maximum atomic E-state index is 9.20. The lowest BCUT2D eigenvalue weighted by molar-refractivity contribution is 0.297. The van der Waals surface area contributed by atoms with Crippen molar-refractivity contribution < 1.29 is 0 Å². The number of hydrogen-bond acceptors (Lipinski definition) is 2. The van der Waals surface area contributed by atoms with Crippen LogP contribution in [0.5, 0.6) is 0 Å². The highest BCUT2D eigenvalue weighted by atomic mass is 15.1. The second kappa shape index (κ2) is 7.18. The monoisotopic (exact) mass is 244 g/mol. The van der Waals surface area contributed by atoms with Crippen molar-refractivity contribution in [3.63, 3.8) is 0 Å². The van der Waals surface area contributed by atoms with Crippen LogP contribution >= 0.6 is 0 Å². The zero-order valence-electron chi connectivity index (χ0n) is 11.7. The fourth-order valence-electron chi connectivity index (χ4n) is 2.27. The van der Waals surface area contributed by atoms with E-state index in [2.05, 4.69) is 30.5 Å². The Hall–Kier alpha value is -1.33. The van der Waals surface area contributed by atoms with E-state index in [4.69, 9.17) is 0 Å². The van der Waals surface area contributed by atoms with Crippen LogP contribution in [0, 0.1) is 16.7 Å². The van der Waals surface area contributed by atoms with Crippen LogP contribution in [0.3, 0.4) is 0 Å². The molecule has 0 aromatic heterocycles. The molecule has 98 valence electrons. The summed E-state index contributed by atoms with van der Waals surface area (Å²) in [4.78, 5) is 2.43. The highest BCUT2D eigenvalue weighted by Crippen LogP contribution is 2.29. The third kappa shape index (κ3) is 4.50. The lowest BCUT2D eigenvalue weighted by Gasteiger charge is -2.21. The van der Waals surface area contributed by atoms with Gasteiger partial charge < -0.3 is 0 Å². The molecule has 0 saturated carbocycles. The Balaban J connectivity index is 2.59. The van der Waals surface area contributed by atoms with Crippen molar-refractivity contribution >= 4 is 0 Å². The molecule has 0 aromatic rings. The molecule has 1 unspecified atom stereocenters. The molecule has 1 aliphatic heterocycles. The van der Waals surface area contributed by atoms with Crippen molar-refractivity contribution in [2.24, 2.45) is 5.41 Å². The van der Waals surface area contributed by atoms with Crippen LogP contribution in [0.1, 0.15) is 33.1 Å². The summed E-state index contributed by atoms with van der Waals surface area (Å²) in [5.74, 6) is 0. The van der Waals surface area contributed by atoms with Crippen molar-refractivity contribution in [3.05, 3.63) is 36.5 Å². The Labute approximate surface area is 111 Å². The van der Waals surface area contributed by atoms with Crippen molar-refractivity contribution in [3.8, 4) is 6.07 Å². The maximum absolute atomic E-state index is 9.20. The zero-order chi connectivity index (χ0) is 13.4. The number of allylic oxidation sites excluding steroid dienone is 3. The van der Waals surface area contributed by atoms with Crippen LogP contribution in [-0.4, -0.2) is 24.5 Å². The van der Waals surface area contributed by atoms with Gasteiger partial charge in [0, 0.05) is 6.54 Å². The summed E-state index contributed by atoms with van der Waals surface area (Å²) in [7, 11) is 0. The summed E-state index contributed by atoms with van der Waals surface area (Å²) in [5, 5.41) is 9.20. The number of nitrogens with zero attached hydrogens (tertiary/aromatic N) is 2. The molecule has 1 rings (SSSR count). The van der Waals surface area contributed by atoms with E-state index < -0.39 is 0 Å². The van der Waals surface area contributed by atoms with Crippen LogP contribution in [0.15, 0.2) is 36.5 Å². The standard InChI is InChI=1S/C16H24N2/c1-4-6-8-15(5-2)13-18-11-7-9-16(3,14-17)10-12-18/h4-6,8H,2,7,9-13H2,1,3H3/b6-4-,15-8+. The molecule has 2 heteroatoms. The first-order valence-electron chi connectivity index (χ1n) is 6.71. The smallest absolute Gasteiger partial charge is 0.0687 e. The minimum absolute atomic E-state index is 0.129. The van der Waals surface area contributed by atoms with Crippen LogP contribution in [0.2, 0.25) is 0 Å². The highest BCUT2D eigenvalue weighted by Gasteiger charge is 2.27. The molecule has 0 spiro atoms. The van der Waals surface area contributed by atoms with Gasteiger partial charge in [-0.25, -0.2) is 0 Å². The molecule has 1 heterocycles. The molecule has 0 bridgehead atoms. The molecule has 0 radical (unpaired) electrons. The van der Waals surface area contributed by atoms with Gasteiger partial charge in [-0.05, 0) is 51.8 Å². The predicted octanol–water partition coefficient (Wildman–Crippen LogP) is 3.69. The van der Waals surface area contributed by atoms with E-state index in [1.54, 1.807) is 0 Å². The summed E-state index contributed by atoms with van der Waals surface area (Å²) in [5.41, 5.74) is 1.12. The maximum Gasteiger partial charge on any atom is 0.0687 e. The Bertz CT molecular complexity index is 373. The minimum Gasteiger partial charge on any atom is -0.299 e. The van der Waals surface area contributed by atoms with Gasteiger partial charge in [0.05, 0.1) is 11.5 Å². The lowest BCUT2D eigenvalue weighted by atomic mass is 9.85. The van der Waals surface area contributed by atoms with Crippen LogP contribution in [0.4, 0.5) is 0 Å². The summed E-state index contributed by atoms with van der Waals surface area (Å²) in [6.07, 6.45) is 11.2. The normalized spacial score (nSPS) is 26.8. The minimum atomic E-state index is -0.129. The molecule has 1 fully saturated rings. The quantitative estimate of drug-likeness (QED) is 0.705. The largest absolute Gasteiger partial charge is 0.299 e. The highest BCUT2D eigenvalue weighted by molar-refractivity contribution is 5.23. The van der Waals surface area contributed by atoms with Gasteiger partial charge in [-0.1, -0.05) is 30.9 Å². The van der Waals surface area contributed by atoms with Gasteiger partial charge in [0.25, 0.3) is 0 Å². The Morgan fingerprint density at radius 2 is 2.22 bits per heavy atom. The molecule has 0 aromatic carbocycles. The molecule has 0 aliphatic carbocycles. The number of nitriles is 1. The Morgan fingerprint density at radius 3 is 2.83 bits per heavy atom. The molecule has 0 amide bonds. The van der Waals surface area contributed by atoms with E-state index in [1.807, 2.05) is 25.2 Å². The van der Waals surface area contributed by atoms with Crippen molar-refractivity contribution in [2.75, 3.05) is 19.6 Å².